The van der Waals surface area contributed by atoms with Crippen molar-refractivity contribution in [3.8, 4) is 0 Å². The molecule has 1 saturated heterocycles. The Morgan fingerprint density at radius 3 is 2.69 bits per heavy atom. The van der Waals surface area contributed by atoms with Crippen LogP contribution in [0.5, 0.6) is 0 Å². The highest BCUT2D eigenvalue weighted by Gasteiger charge is 2.59. The molecule has 2 bridgehead atoms. The highest BCUT2D eigenvalue weighted by atomic mass is 16.2. The van der Waals surface area contributed by atoms with E-state index in [1.54, 1.807) is 0 Å². The minimum absolute atomic E-state index is 0.175. The van der Waals surface area contributed by atoms with Gasteiger partial charge in [-0.3, -0.25) is 4.79 Å². The molecule has 3 nitrogen and oxygen atoms in total. The lowest BCUT2D eigenvalue weighted by molar-refractivity contribution is -0.124. The second-order valence-corrected chi connectivity index (χ2v) is 4.55. The zero-order valence-corrected chi connectivity index (χ0v) is 7.40. The Labute approximate surface area is 76.9 Å². The van der Waals surface area contributed by atoms with Gasteiger partial charge in [0.15, 0.2) is 0 Å². The van der Waals surface area contributed by atoms with Crippen LogP contribution in [-0.2, 0) is 9.59 Å². The molecule has 0 spiro atoms. The van der Waals surface area contributed by atoms with Crippen LogP contribution in [0.1, 0.15) is 12.8 Å². The molecule has 70 valence electrons. The van der Waals surface area contributed by atoms with E-state index in [-0.39, 0.29) is 17.7 Å². The maximum Gasteiger partial charge on any atom is 0.223 e. The largest absolute Gasteiger partial charge is 0.356 e. The molecule has 5 atom stereocenters. The fourth-order valence-corrected chi connectivity index (χ4v) is 3.79. The van der Waals surface area contributed by atoms with Gasteiger partial charge in [0, 0.05) is 18.4 Å². The van der Waals surface area contributed by atoms with Gasteiger partial charge >= 0.3 is 0 Å². The van der Waals surface area contributed by atoms with E-state index in [1.807, 2.05) is 0 Å². The summed E-state index contributed by atoms with van der Waals surface area (Å²) in [4.78, 5) is 22.4. The summed E-state index contributed by atoms with van der Waals surface area (Å²) in [7, 11) is 0. The first-order valence-corrected chi connectivity index (χ1v) is 5.06. The van der Waals surface area contributed by atoms with Crippen LogP contribution in [0.4, 0.5) is 0 Å². The van der Waals surface area contributed by atoms with Crippen molar-refractivity contribution in [1.82, 2.24) is 5.32 Å². The van der Waals surface area contributed by atoms with E-state index in [2.05, 4.69) is 5.32 Å². The van der Waals surface area contributed by atoms with Gasteiger partial charge in [0.05, 0.1) is 0 Å². The quantitative estimate of drug-likeness (QED) is 0.585. The molecule has 3 aliphatic rings. The molecule has 1 N–H and O–H groups in total. The average Bonchev–Trinajstić information content (AvgIpc) is 2.75. The first-order chi connectivity index (χ1) is 6.33. The van der Waals surface area contributed by atoms with Gasteiger partial charge in [-0.05, 0) is 30.6 Å². The van der Waals surface area contributed by atoms with Crippen molar-refractivity contribution < 1.29 is 9.59 Å². The molecule has 3 heteroatoms. The van der Waals surface area contributed by atoms with Gasteiger partial charge in [-0.1, -0.05) is 0 Å². The number of carbonyl (C=O) groups is 2. The van der Waals surface area contributed by atoms with E-state index in [0.717, 1.165) is 25.7 Å². The average molecular weight is 179 g/mol. The number of fused-ring (bicyclic) bond motifs is 5. The number of hydrogen-bond acceptors (Lipinski definition) is 2. The van der Waals surface area contributed by atoms with Gasteiger partial charge in [0.2, 0.25) is 5.91 Å². The molecule has 1 heterocycles. The minimum atomic E-state index is 0.175. The van der Waals surface area contributed by atoms with Crippen molar-refractivity contribution in [1.29, 1.82) is 0 Å². The normalized spacial score (nSPS) is 52.0. The maximum atomic E-state index is 11.5. The predicted molar refractivity (Wildman–Crippen MR) is 45.8 cm³/mol. The molecule has 3 fully saturated rings. The Kier molecular flexibility index (Phi) is 1.35. The first kappa shape index (κ1) is 7.54. The molecular formula is C10H13NO2. The molecule has 5 unspecified atom stereocenters. The van der Waals surface area contributed by atoms with Crippen LogP contribution in [0.2, 0.25) is 0 Å². The van der Waals surface area contributed by atoms with Crippen LogP contribution in [-0.4, -0.2) is 18.7 Å². The van der Waals surface area contributed by atoms with E-state index >= 15 is 0 Å². The molecule has 0 radical (unpaired) electrons. The lowest BCUT2D eigenvalue weighted by Crippen LogP contribution is -2.26. The van der Waals surface area contributed by atoms with Crippen LogP contribution in [0.3, 0.4) is 0 Å². The van der Waals surface area contributed by atoms with Crippen LogP contribution in [0, 0.1) is 29.6 Å². The SMILES string of the molecule is O=CC1C2CCC1C1C(=O)NCC21. The standard InChI is InChI=1S/C10H13NO2/c12-4-8-5-1-2-6(8)9-7(5)3-11-10(9)13/h4-9H,1-3H2,(H,11,13). The van der Waals surface area contributed by atoms with Gasteiger partial charge in [-0.2, -0.15) is 0 Å². The molecule has 1 aliphatic heterocycles. The summed E-state index contributed by atoms with van der Waals surface area (Å²) in [6, 6.07) is 0. The zero-order valence-electron chi connectivity index (χ0n) is 7.40. The second kappa shape index (κ2) is 2.34. The van der Waals surface area contributed by atoms with E-state index in [9.17, 15) is 9.59 Å². The van der Waals surface area contributed by atoms with E-state index in [1.165, 1.54) is 0 Å². The van der Waals surface area contributed by atoms with Crippen molar-refractivity contribution in [2.75, 3.05) is 6.54 Å². The molecule has 0 aromatic carbocycles. The number of aldehydes is 1. The molecule has 0 aromatic heterocycles. The lowest BCUT2D eigenvalue weighted by atomic mass is 9.81. The summed E-state index contributed by atoms with van der Waals surface area (Å²) in [5.41, 5.74) is 0. The first-order valence-electron chi connectivity index (χ1n) is 5.06. The van der Waals surface area contributed by atoms with E-state index in [0.29, 0.717) is 17.8 Å². The van der Waals surface area contributed by atoms with E-state index < -0.39 is 0 Å². The summed E-state index contributed by atoms with van der Waals surface area (Å²) in [6.07, 6.45) is 3.33. The zero-order chi connectivity index (χ0) is 9.00. The van der Waals surface area contributed by atoms with Gasteiger partial charge in [-0.15, -0.1) is 0 Å². The molecule has 2 aliphatic carbocycles. The van der Waals surface area contributed by atoms with Crippen molar-refractivity contribution >= 4 is 12.2 Å². The summed E-state index contributed by atoms with van der Waals surface area (Å²) in [5.74, 6) is 1.92. The molecule has 3 rings (SSSR count). The monoisotopic (exact) mass is 179 g/mol. The molecule has 2 saturated carbocycles. The minimum Gasteiger partial charge on any atom is -0.356 e. The fourth-order valence-electron chi connectivity index (χ4n) is 3.79. The predicted octanol–water partition coefficient (Wildman–Crippen LogP) is 0.204. The number of hydrogen-bond donors (Lipinski definition) is 1. The Bertz CT molecular complexity index is 276. The van der Waals surface area contributed by atoms with Crippen molar-refractivity contribution in [2.45, 2.75) is 12.8 Å². The number of rotatable bonds is 1. The van der Waals surface area contributed by atoms with Gasteiger partial charge in [0.1, 0.15) is 6.29 Å². The third-order valence-corrected chi connectivity index (χ3v) is 4.27. The van der Waals surface area contributed by atoms with Crippen LogP contribution >= 0.6 is 0 Å². The summed E-state index contributed by atoms with van der Waals surface area (Å²) in [5, 5.41) is 2.91. The summed E-state index contributed by atoms with van der Waals surface area (Å²) < 4.78 is 0. The second-order valence-electron chi connectivity index (χ2n) is 4.55. The Morgan fingerprint density at radius 2 is 2.00 bits per heavy atom. The summed E-state index contributed by atoms with van der Waals surface area (Å²) >= 11 is 0. The molecule has 13 heavy (non-hydrogen) atoms. The number of amides is 1. The van der Waals surface area contributed by atoms with E-state index in [4.69, 9.17) is 0 Å². The van der Waals surface area contributed by atoms with Crippen LogP contribution in [0.15, 0.2) is 0 Å². The van der Waals surface area contributed by atoms with Crippen LogP contribution < -0.4 is 5.32 Å². The van der Waals surface area contributed by atoms with Gasteiger partial charge in [0.25, 0.3) is 0 Å². The maximum absolute atomic E-state index is 11.5. The highest BCUT2D eigenvalue weighted by Crippen LogP contribution is 2.56. The van der Waals surface area contributed by atoms with Gasteiger partial charge in [-0.25, -0.2) is 0 Å². The molecular weight excluding hydrogens is 166 g/mol. The third-order valence-electron chi connectivity index (χ3n) is 4.27. The fraction of sp³-hybridized carbons (Fsp3) is 0.800. The number of carbonyl (C=O) groups excluding carboxylic acids is 2. The Hall–Kier alpha value is -0.860. The van der Waals surface area contributed by atoms with Gasteiger partial charge < -0.3 is 10.1 Å². The Balaban J connectivity index is 1.97. The van der Waals surface area contributed by atoms with Crippen molar-refractivity contribution in [3.63, 3.8) is 0 Å². The number of nitrogens with one attached hydrogen (secondary N) is 1. The lowest BCUT2D eigenvalue weighted by Gasteiger charge is -2.20. The third kappa shape index (κ3) is 0.754. The molecule has 1 amide bonds. The molecule has 0 aromatic rings. The topological polar surface area (TPSA) is 46.2 Å². The Morgan fingerprint density at radius 1 is 1.23 bits per heavy atom. The van der Waals surface area contributed by atoms with Crippen LogP contribution in [0.25, 0.3) is 0 Å². The van der Waals surface area contributed by atoms with Crippen molar-refractivity contribution in [2.24, 2.45) is 29.6 Å². The van der Waals surface area contributed by atoms with Crippen molar-refractivity contribution in [3.05, 3.63) is 0 Å². The highest BCUT2D eigenvalue weighted by molar-refractivity contribution is 5.83. The smallest absolute Gasteiger partial charge is 0.223 e. The summed E-state index contributed by atoms with van der Waals surface area (Å²) in [6.45, 7) is 0.814.